The molecule has 2 aromatic carbocycles. The van der Waals surface area contributed by atoms with Crippen LogP contribution in [-0.2, 0) is 6.61 Å². The van der Waals surface area contributed by atoms with Gasteiger partial charge in [-0.05, 0) is 29.8 Å². The molecule has 4 nitrogen and oxygen atoms in total. The molecule has 92 valence electrons. The molecule has 0 unspecified atom stereocenters. The Balaban J connectivity index is 2.19. The largest absolute Gasteiger partial charge is 0.507 e. The average Bonchev–Trinajstić information content (AvgIpc) is 2.39. The molecule has 0 spiro atoms. The molecule has 0 radical (unpaired) electrons. The van der Waals surface area contributed by atoms with Crippen molar-refractivity contribution in [3.8, 4) is 11.5 Å². The van der Waals surface area contributed by atoms with E-state index >= 15 is 0 Å². The van der Waals surface area contributed by atoms with E-state index in [0.717, 1.165) is 0 Å². The van der Waals surface area contributed by atoms with Gasteiger partial charge in [0.2, 0.25) is 0 Å². The number of carbonyl (C=O) groups excluding carboxylic acids is 1. The molecular weight excluding hydrogens is 232 g/mol. The van der Waals surface area contributed by atoms with Gasteiger partial charge in [-0.3, -0.25) is 0 Å². The SMILES string of the molecule is O=C(Oc1cccc(CO)c1)c1ccccc1O. The Bertz CT molecular complexity index is 563. The highest BCUT2D eigenvalue weighted by atomic mass is 16.5. The molecule has 4 heteroatoms. The van der Waals surface area contributed by atoms with Crippen LogP contribution in [0.5, 0.6) is 11.5 Å². The highest BCUT2D eigenvalue weighted by molar-refractivity contribution is 5.93. The summed E-state index contributed by atoms with van der Waals surface area (Å²) in [6.45, 7) is -0.123. The minimum Gasteiger partial charge on any atom is -0.507 e. The predicted molar refractivity (Wildman–Crippen MR) is 65.4 cm³/mol. The van der Waals surface area contributed by atoms with Gasteiger partial charge in [0, 0.05) is 0 Å². The van der Waals surface area contributed by atoms with E-state index in [2.05, 4.69) is 0 Å². The summed E-state index contributed by atoms with van der Waals surface area (Å²) in [5, 5.41) is 18.5. The average molecular weight is 244 g/mol. The molecule has 2 rings (SSSR count). The van der Waals surface area contributed by atoms with Gasteiger partial charge in [0.15, 0.2) is 0 Å². The Morgan fingerprint density at radius 3 is 2.61 bits per heavy atom. The number of benzene rings is 2. The van der Waals surface area contributed by atoms with Crippen LogP contribution in [0.1, 0.15) is 15.9 Å². The minimum atomic E-state index is -0.636. The number of phenols is 1. The summed E-state index contributed by atoms with van der Waals surface area (Å²) in [4.78, 5) is 11.8. The smallest absolute Gasteiger partial charge is 0.347 e. The Kier molecular flexibility index (Phi) is 3.60. The lowest BCUT2D eigenvalue weighted by atomic mass is 10.2. The maximum atomic E-state index is 11.8. The number of aromatic hydroxyl groups is 1. The van der Waals surface area contributed by atoms with E-state index in [0.29, 0.717) is 11.3 Å². The molecule has 0 amide bonds. The van der Waals surface area contributed by atoms with Crippen molar-refractivity contribution in [1.29, 1.82) is 0 Å². The number of hydrogen-bond acceptors (Lipinski definition) is 4. The zero-order chi connectivity index (χ0) is 13.0. The third-order valence-electron chi connectivity index (χ3n) is 2.42. The molecule has 2 aromatic rings. The molecule has 0 heterocycles. The van der Waals surface area contributed by atoms with Gasteiger partial charge in [-0.25, -0.2) is 4.79 Å². The number of rotatable bonds is 3. The Morgan fingerprint density at radius 1 is 1.11 bits per heavy atom. The lowest BCUT2D eigenvalue weighted by molar-refractivity contribution is 0.0731. The number of esters is 1. The summed E-state index contributed by atoms with van der Waals surface area (Å²) < 4.78 is 5.11. The number of ether oxygens (including phenoxy) is 1. The van der Waals surface area contributed by atoms with Gasteiger partial charge in [-0.1, -0.05) is 24.3 Å². The van der Waals surface area contributed by atoms with Crippen molar-refractivity contribution in [2.45, 2.75) is 6.61 Å². The van der Waals surface area contributed by atoms with Crippen LogP contribution >= 0.6 is 0 Å². The predicted octanol–water partition coefficient (Wildman–Crippen LogP) is 2.10. The molecular formula is C14H12O4. The molecule has 0 aliphatic carbocycles. The van der Waals surface area contributed by atoms with E-state index in [1.165, 1.54) is 12.1 Å². The van der Waals surface area contributed by atoms with Crippen LogP contribution in [0.25, 0.3) is 0 Å². The fourth-order valence-electron chi connectivity index (χ4n) is 1.52. The van der Waals surface area contributed by atoms with Crippen LogP contribution in [0.2, 0.25) is 0 Å². The lowest BCUT2D eigenvalue weighted by Gasteiger charge is -2.06. The van der Waals surface area contributed by atoms with Crippen LogP contribution in [-0.4, -0.2) is 16.2 Å². The van der Waals surface area contributed by atoms with Gasteiger partial charge >= 0.3 is 5.97 Å². The van der Waals surface area contributed by atoms with E-state index in [4.69, 9.17) is 9.84 Å². The normalized spacial score (nSPS) is 10.1. The first kappa shape index (κ1) is 12.1. The second-order valence-corrected chi connectivity index (χ2v) is 3.71. The summed E-state index contributed by atoms with van der Waals surface area (Å²) in [6, 6.07) is 12.7. The number of phenolic OH excluding ortho intramolecular Hbond substituents is 1. The number of hydrogen-bond donors (Lipinski definition) is 2. The highest BCUT2D eigenvalue weighted by Crippen LogP contribution is 2.20. The summed E-state index contributed by atoms with van der Waals surface area (Å²) in [5.74, 6) is -0.432. The first-order valence-electron chi connectivity index (χ1n) is 5.40. The van der Waals surface area contributed by atoms with Gasteiger partial charge < -0.3 is 14.9 Å². The molecule has 0 saturated carbocycles. The Morgan fingerprint density at radius 2 is 1.89 bits per heavy atom. The van der Waals surface area contributed by atoms with E-state index < -0.39 is 5.97 Å². The zero-order valence-electron chi connectivity index (χ0n) is 9.54. The molecule has 0 aliphatic heterocycles. The first-order chi connectivity index (χ1) is 8.70. The first-order valence-corrected chi connectivity index (χ1v) is 5.40. The summed E-state index contributed by atoms with van der Waals surface area (Å²) in [5.41, 5.74) is 0.754. The number of para-hydroxylation sites is 1. The molecule has 18 heavy (non-hydrogen) atoms. The fraction of sp³-hybridized carbons (Fsp3) is 0.0714. The van der Waals surface area contributed by atoms with Gasteiger partial charge in [-0.15, -0.1) is 0 Å². The summed E-state index contributed by atoms with van der Waals surface area (Å²) >= 11 is 0. The lowest BCUT2D eigenvalue weighted by Crippen LogP contribution is -2.08. The molecule has 0 aliphatic rings. The molecule has 0 fully saturated rings. The number of aliphatic hydroxyl groups is 1. The molecule has 0 atom stereocenters. The Hall–Kier alpha value is -2.33. The number of aliphatic hydroxyl groups excluding tert-OH is 1. The molecule has 0 bridgehead atoms. The van der Waals surface area contributed by atoms with Gasteiger partial charge in [0.25, 0.3) is 0 Å². The molecule has 0 aromatic heterocycles. The zero-order valence-corrected chi connectivity index (χ0v) is 9.54. The van der Waals surface area contributed by atoms with Crippen LogP contribution in [0, 0.1) is 0 Å². The summed E-state index contributed by atoms with van der Waals surface area (Å²) in [7, 11) is 0. The van der Waals surface area contributed by atoms with Crippen molar-refractivity contribution in [1.82, 2.24) is 0 Å². The van der Waals surface area contributed by atoms with Crippen molar-refractivity contribution in [2.24, 2.45) is 0 Å². The van der Waals surface area contributed by atoms with Crippen molar-refractivity contribution < 1.29 is 19.7 Å². The summed E-state index contributed by atoms with van der Waals surface area (Å²) in [6.07, 6.45) is 0. The molecule has 2 N–H and O–H groups in total. The third-order valence-corrected chi connectivity index (χ3v) is 2.42. The van der Waals surface area contributed by atoms with Crippen molar-refractivity contribution in [2.75, 3.05) is 0 Å². The van der Waals surface area contributed by atoms with E-state index in [9.17, 15) is 9.90 Å². The molecule has 0 saturated heterocycles. The second-order valence-electron chi connectivity index (χ2n) is 3.71. The van der Waals surface area contributed by atoms with E-state index in [1.807, 2.05) is 0 Å². The fourth-order valence-corrected chi connectivity index (χ4v) is 1.52. The number of carbonyl (C=O) groups is 1. The third kappa shape index (κ3) is 2.67. The van der Waals surface area contributed by atoms with E-state index in [1.54, 1.807) is 36.4 Å². The maximum Gasteiger partial charge on any atom is 0.347 e. The van der Waals surface area contributed by atoms with Crippen LogP contribution in [0.3, 0.4) is 0 Å². The van der Waals surface area contributed by atoms with Crippen LogP contribution in [0.15, 0.2) is 48.5 Å². The highest BCUT2D eigenvalue weighted by Gasteiger charge is 2.12. The van der Waals surface area contributed by atoms with Gasteiger partial charge in [0.1, 0.15) is 17.1 Å². The standard InChI is InChI=1S/C14H12O4/c15-9-10-4-3-5-11(8-10)18-14(17)12-6-1-2-7-13(12)16/h1-8,15-16H,9H2. The van der Waals surface area contributed by atoms with Crippen LogP contribution < -0.4 is 4.74 Å². The van der Waals surface area contributed by atoms with Crippen molar-refractivity contribution >= 4 is 5.97 Å². The monoisotopic (exact) mass is 244 g/mol. The van der Waals surface area contributed by atoms with Crippen molar-refractivity contribution in [3.63, 3.8) is 0 Å². The topological polar surface area (TPSA) is 66.8 Å². The quantitative estimate of drug-likeness (QED) is 0.641. The van der Waals surface area contributed by atoms with Gasteiger partial charge in [0.05, 0.1) is 6.61 Å². The van der Waals surface area contributed by atoms with Gasteiger partial charge in [-0.2, -0.15) is 0 Å². The maximum absolute atomic E-state index is 11.8. The Labute approximate surface area is 104 Å². The minimum absolute atomic E-state index is 0.104. The van der Waals surface area contributed by atoms with Crippen LogP contribution in [0.4, 0.5) is 0 Å². The second kappa shape index (κ2) is 5.33. The van der Waals surface area contributed by atoms with Crippen molar-refractivity contribution in [3.05, 3.63) is 59.7 Å². The van der Waals surface area contributed by atoms with E-state index in [-0.39, 0.29) is 17.9 Å².